The van der Waals surface area contributed by atoms with E-state index in [1.54, 1.807) is 6.20 Å². The van der Waals surface area contributed by atoms with E-state index in [1.165, 1.54) is 11.3 Å². The van der Waals surface area contributed by atoms with Gasteiger partial charge in [0, 0.05) is 17.2 Å². The molecule has 86 valence electrons. The Hall–Kier alpha value is -0.350. The summed E-state index contributed by atoms with van der Waals surface area (Å²) in [5.74, 6) is 0. The van der Waals surface area contributed by atoms with E-state index in [2.05, 4.69) is 11.3 Å². The fraction of sp³-hybridized carbons (Fsp3) is 0.556. The first-order chi connectivity index (χ1) is 7.09. The lowest BCUT2D eigenvalue weighted by Gasteiger charge is -2.22. The van der Waals surface area contributed by atoms with Crippen LogP contribution < -0.4 is 5.73 Å². The molecule has 15 heavy (non-hydrogen) atoms. The SMILES string of the molecule is C=P(Cc1cnc(N)s1)(OCC)OCC. The maximum Gasteiger partial charge on any atom is 0.180 e. The predicted octanol–water partition coefficient (Wildman–Crippen LogP) is 2.58. The molecule has 0 aromatic carbocycles. The van der Waals surface area contributed by atoms with Crippen molar-refractivity contribution < 1.29 is 9.05 Å². The third-order valence-electron chi connectivity index (χ3n) is 1.70. The van der Waals surface area contributed by atoms with Crippen molar-refractivity contribution >= 4 is 30.1 Å². The summed E-state index contributed by atoms with van der Waals surface area (Å²) in [4.78, 5) is 5.06. The van der Waals surface area contributed by atoms with Crippen molar-refractivity contribution in [3.8, 4) is 0 Å². The summed E-state index contributed by atoms with van der Waals surface area (Å²) in [5.41, 5.74) is 5.56. The van der Waals surface area contributed by atoms with Crippen LogP contribution in [0.25, 0.3) is 0 Å². The zero-order valence-electron chi connectivity index (χ0n) is 9.10. The summed E-state index contributed by atoms with van der Waals surface area (Å²) in [7, 11) is -2.01. The van der Waals surface area contributed by atoms with E-state index in [9.17, 15) is 0 Å². The molecule has 0 radical (unpaired) electrons. The number of rotatable bonds is 6. The normalized spacial score (nSPS) is 11.9. The molecule has 1 aromatic rings. The zero-order chi connectivity index (χ0) is 11.3. The molecule has 1 rings (SSSR count). The molecular weight excluding hydrogens is 231 g/mol. The fourth-order valence-corrected chi connectivity index (χ4v) is 4.31. The van der Waals surface area contributed by atoms with Gasteiger partial charge in [-0.15, -0.1) is 11.3 Å². The molecule has 2 N–H and O–H groups in total. The van der Waals surface area contributed by atoms with E-state index >= 15 is 0 Å². The highest BCUT2D eigenvalue weighted by molar-refractivity contribution is 7.63. The van der Waals surface area contributed by atoms with Gasteiger partial charge in [-0.25, -0.2) is 4.98 Å². The number of hydrogen-bond donors (Lipinski definition) is 1. The van der Waals surface area contributed by atoms with Crippen LogP contribution in [0.1, 0.15) is 18.7 Å². The highest BCUT2D eigenvalue weighted by Crippen LogP contribution is 2.51. The minimum absolute atomic E-state index is 0.574. The van der Waals surface area contributed by atoms with Crippen molar-refractivity contribution in [3.05, 3.63) is 11.1 Å². The number of aromatic nitrogens is 1. The summed E-state index contributed by atoms with van der Waals surface area (Å²) in [6.07, 6.45) is 6.50. The molecule has 0 aliphatic heterocycles. The lowest BCUT2D eigenvalue weighted by atomic mass is 10.6. The number of nitrogen functional groups attached to an aromatic ring is 1. The maximum atomic E-state index is 5.60. The van der Waals surface area contributed by atoms with E-state index in [0.717, 1.165) is 4.88 Å². The molecule has 0 unspecified atom stereocenters. The average Bonchev–Trinajstić information content (AvgIpc) is 2.51. The summed E-state index contributed by atoms with van der Waals surface area (Å²) < 4.78 is 11.2. The van der Waals surface area contributed by atoms with Gasteiger partial charge in [0.05, 0.1) is 13.2 Å². The van der Waals surface area contributed by atoms with E-state index in [1.807, 2.05) is 13.8 Å². The second kappa shape index (κ2) is 5.66. The lowest BCUT2D eigenvalue weighted by molar-refractivity contribution is 0.264. The van der Waals surface area contributed by atoms with Crippen LogP contribution in [0.5, 0.6) is 0 Å². The minimum atomic E-state index is -2.01. The monoisotopic (exact) mass is 248 g/mol. The van der Waals surface area contributed by atoms with E-state index in [-0.39, 0.29) is 0 Å². The molecule has 0 atom stereocenters. The van der Waals surface area contributed by atoms with Crippen LogP contribution in [0.15, 0.2) is 6.20 Å². The van der Waals surface area contributed by atoms with Crippen molar-refractivity contribution in [3.63, 3.8) is 0 Å². The van der Waals surface area contributed by atoms with Gasteiger partial charge < -0.3 is 14.8 Å². The number of nitrogens with zero attached hydrogens (tertiary/aromatic N) is 1. The molecule has 0 aliphatic rings. The second-order valence-electron chi connectivity index (χ2n) is 2.97. The lowest BCUT2D eigenvalue weighted by Crippen LogP contribution is -1.98. The van der Waals surface area contributed by atoms with Crippen LogP contribution in [-0.4, -0.2) is 24.5 Å². The van der Waals surface area contributed by atoms with Crippen LogP contribution in [0, 0.1) is 0 Å². The largest absolute Gasteiger partial charge is 0.375 e. The highest BCUT2D eigenvalue weighted by Gasteiger charge is 2.17. The Morgan fingerprint density at radius 3 is 2.47 bits per heavy atom. The molecule has 0 amide bonds. The van der Waals surface area contributed by atoms with Crippen LogP contribution in [0.2, 0.25) is 0 Å². The van der Waals surface area contributed by atoms with Crippen molar-refractivity contribution in [2.75, 3.05) is 18.9 Å². The van der Waals surface area contributed by atoms with Gasteiger partial charge in [0.15, 0.2) is 5.13 Å². The molecule has 1 heterocycles. The first kappa shape index (κ1) is 12.7. The summed E-state index contributed by atoms with van der Waals surface area (Å²) in [5, 5.41) is 0.574. The molecule has 6 heteroatoms. The van der Waals surface area contributed by atoms with Crippen molar-refractivity contribution in [1.29, 1.82) is 0 Å². The van der Waals surface area contributed by atoms with Crippen molar-refractivity contribution in [2.45, 2.75) is 20.0 Å². The Labute approximate surface area is 94.6 Å². The number of hydrogen-bond acceptors (Lipinski definition) is 5. The number of nitrogens with two attached hydrogens (primary N) is 1. The second-order valence-corrected chi connectivity index (χ2v) is 6.58. The molecule has 0 spiro atoms. The molecule has 0 saturated carbocycles. The predicted molar refractivity (Wildman–Crippen MR) is 67.5 cm³/mol. The topological polar surface area (TPSA) is 57.4 Å². The fourth-order valence-electron chi connectivity index (χ4n) is 1.23. The Morgan fingerprint density at radius 2 is 2.07 bits per heavy atom. The van der Waals surface area contributed by atoms with Gasteiger partial charge in [-0.05, 0) is 13.8 Å². The first-order valence-corrected chi connectivity index (χ1v) is 7.62. The highest BCUT2D eigenvalue weighted by atomic mass is 32.1. The van der Waals surface area contributed by atoms with Crippen LogP contribution in [0.3, 0.4) is 0 Å². The van der Waals surface area contributed by atoms with Gasteiger partial charge in [-0.1, -0.05) is 6.30 Å². The molecule has 0 aliphatic carbocycles. The smallest absolute Gasteiger partial charge is 0.180 e. The molecule has 4 nitrogen and oxygen atoms in total. The van der Waals surface area contributed by atoms with Gasteiger partial charge >= 0.3 is 0 Å². The van der Waals surface area contributed by atoms with Crippen LogP contribution in [0.4, 0.5) is 5.13 Å². The quantitative estimate of drug-likeness (QED) is 0.786. The Balaban J connectivity index is 2.70. The third kappa shape index (κ3) is 3.95. The van der Waals surface area contributed by atoms with E-state index < -0.39 is 7.34 Å². The van der Waals surface area contributed by atoms with Crippen molar-refractivity contribution in [2.24, 2.45) is 0 Å². The van der Waals surface area contributed by atoms with Crippen LogP contribution >= 0.6 is 18.7 Å². The molecular formula is C9H17N2O2PS. The van der Waals surface area contributed by atoms with Gasteiger partial charge in [0.1, 0.15) is 7.34 Å². The summed E-state index contributed by atoms with van der Waals surface area (Å²) in [6.45, 7) is 5.12. The van der Waals surface area contributed by atoms with Gasteiger partial charge in [-0.3, -0.25) is 0 Å². The van der Waals surface area contributed by atoms with Gasteiger partial charge in [0.25, 0.3) is 0 Å². The summed E-state index contributed by atoms with van der Waals surface area (Å²) >= 11 is 1.46. The zero-order valence-corrected chi connectivity index (χ0v) is 10.8. The standard InChI is InChI=1S/C9H17N2O2PS/c1-4-12-14(3,13-5-2)7-8-6-11-9(10)15-8/h6H,3-5,7H2,1-2H3,(H2,10,11). The van der Waals surface area contributed by atoms with Crippen molar-refractivity contribution in [1.82, 2.24) is 4.98 Å². The number of anilines is 1. The Bertz CT molecular complexity index is 344. The van der Waals surface area contributed by atoms with E-state index in [0.29, 0.717) is 24.5 Å². The Morgan fingerprint density at radius 1 is 1.47 bits per heavy atom. The first-order valence-electron chi connectivity index (χ1n) is 4.81. The van der Waals surface area contributed by atoms with E-state index in [4.69, 9.17) is 14.8 Å². The number of thiazole rings is 1. The maximum absolute atomic E-state index is 5.60. The minimum Gasteiger partial charge on any atom is -0.375 e. The average molecular weight is 248 g/mol. The van der Waals surface area contributed by atoms with Gasteiger partial charge in [-0.2, -0.15) is 0 Å². The molecule has 1 aromatic heterocycles. The van der Waals surface area contributed by atoms with Crippen LogP contribution in [-0.2, 0) is 15.2 Å². The Kier molecular flexibility index (Phi) is 4.80. The third-order valence-corrected chi connectivity index (χ3v) is 5.02. The summed E-state index contributed by atoms with van der Waals surface area (Å²) in [6, 6.07) is 0. The molecule has 0 fully saturated rings. The van der Waals surface area contributed by atoms with Gasteiger partial charge in [0.2, 0.25) is 0 Å². The molecule has 0 bridgehead atoms. The molecule has 0 saturated heterocycles.